The van der Waals surface area contributed by atoms with E-state index >= 15 is 0 Å². The van der Waals surface area contributed by atoms with Crippen molar-refractivity contribution in [1.82, 2.24) is 19.6 Å². The van der Waals surface area contributed by atoms with Crippen molar-refractivity contribution in [3.8, 4) is 5.75 Å². The van der Waals surface area contributed by atoms with Crippen LogP contribution in [-0.2, 0) is 11.2 Å². The van der Waals surface area contributed by atoms with Crippen LogP contribution in [0.5, 0.6) is 5.75 Å². The van der Waals surface area contributed by atoms with Gasteiger partial charge < -0.3 is 10.1 Å². The molecule has 7 nitrogen and oxygen atoms in total. The average molecular weight is 388 g/mol. The Morgan fingerprint density at radius 2 is 2.15 bits per heavy atom. The lowest BCUT2D eigenvalue weighted by atomic mass is 10.1. The van der Waals surface area contributed by atoms with E-state index in [-0.39, 0.29) is 5.91 Å². The number of carbonyl (C=O) groups is 1. The van der Waals surface area contributed by atoms with Gasteiger partial charge in [-0.25, -0.2) is 9.50 Å². The number of fused-ring (bicyclic) bond motifs is 1. The lowest BCUT2D eigenvalue weighted by Crippen LogP contribution is -2.15. The molecule has 3 rings (SSSR count). The quantitative estimate of drug-likeness (QED) is 0.667. The van der Waals surface area contributed by atoms with Crippen LogP contribution in [0.4, 0.5) is 5.69 Å². The minimum Gasteiger partial charge on any atom is -0.490 e. The summed E-state index contributed by atoms with van der Waals surface area (Å²) in [6.07, 6.45) is 3.19. The summed E-state index contributed by atoms with van der Waals surface area (Å²) in [5, 5.41) is 7.55. The van der Waals surface area contributed by atoms with Gasteiger partial charge in [-0.1, -0.05) is 24.6 Å². The summed E-state index contributed by atoms with van der Waals surface area (Å²) in [4.78, 5) is 21.0. The maximum atomic E-state index is 12.5. The molecule has 2 heterocycles. The van der Waals surface area contributed by atoms with Crippen molar-refractivity contribution in [2.75, 3.05) is 11.9 Å². The predicted octanol–water partition coefficient (Wildman–Crippen LogP) is 3.75. The fourth-order valence-electron chi connectivity index (χ4n) is 2.93. The lowest BCUT2D eigenvalue weighted by Gasteiger charge is -2.14. The number of halogens is 1. The highest BCUT2D eigenvalue weighted by Gasteiger charge is 2.15. The first kappa shape index (κ1) is 19.1. The zero-order valence-corrected chi connectivity index (χ0v) is 16.4. The number of aryl methyl sites for hydroxylation is 2. The number of nitrogens with zero attached hydrogens (tertiary/aromatic N) is 4. The van der Waals surface area contributed by atoms with Crippen LogP contribution in [0.1, 0.15) is 36.7 Å². The third-order valence-electron chi connectivity index (χ3n) is 4.28. The van der Waals surface area contributed by atoms with E-state index in [1.54, 1.807) is 22.7 Å². The van der Waals surface area contributed by atoms with Crippen LogP contribution in [0.15, 0.2) is 24.5 Å². The first-order valence-corrected chi connectivity index (χ1v) is 9.26. The number of aromatic nitrogens is 4. The first-order valence-electron chi connectivity index (χ1n) is 8.88. The highest BCUT2D eigenvalue weighted by molar-refractivity contribution is 6.32. The summed E-state index contributed by atoms with van der Waals surface area (Å²) in [5.74, 6) is 0.957. The van der Waals surface area contributed by atoms with Gasteiger partial charge >= 0.3 is 0 Å². The third kappa shape index (κ3) is 4.19. The van der Waals surface area contributed by atoms with Crippen LogP contribution < -0.4 is 10.1 Å². The molecule has 0 atom stereocenters. The van der Waals surface area contributed by atoms with Crippen molar-refractivity contribution < 1.29 is 9.53 Å². The molecule has 0 unspecified atom stereocenters. The summed E-state index contributed by atoms with van der Waals surface area (Å²) < 4.78 is 7.37. The van der Waals surface area contributed by atoms with E-state index in [1.165, 1.54) is 6.33 Å². The molecule has 0 bridgehead atoms. The van der Waals surface area contributed by atoms with Crippen molar-refractivity contribution in [3.63, 3.8) is 0 Å². The van der Waals surface area contributed by atoms with Gasteiger partial charge in [0.2, 0.25) is 5.91 Å². The molecule has 0 fully saturated rings. The van der Waals surface area contributed by atoms with E-state index in [9.17, 15) is 4.79 Å². The van der Waals surface area contributed by atoms with Gasteiger partial charge in [-0.05, 0) is 44.4 Å². The van der Waals surface area contributed by atoms with E-state index in [0.29, 0.717) is 41.7 Å². The van der Waals surface area contributed by atoms with Crippen LogP contribution in [-0.4, -0.2) is 32.1 Å². The van der Waals surface area contributed by atoms with Gasteiger partial charge in [-0.3, -0.25) is 4.79 Å². The standard InChI is InChI=1S/C19H22ClN5O2/c1-4-10-27-18-15(20)6-5-7-16(18)24-17(26)9-8-14-12(2)23-19-21-11-22-25(19)13(14)3/h5-7,11H,4,8-10H2,1-3H3,(H,24,26). The average Bonchev–Trinajstić information content (AvgIpc) is 3.09. The number of hydrogen-bond donors (Lipinski definition) is 1. The summed E-state index contributed by atoms with van der Waals surface area (Å²) in [7, 11) is 0. The lowest BCUT2D eigenvalue weighted by molar-refractivity contribution is -0.116. The van der Waals surface area contributed by atoms with E-state index in [0.717, 1.165) is 23.4 Å². The molecule has 0 radical (unpaired) electrons. The molecule has 0 spiro atoms. The minimum absolute atomic E-state index is 0.115. The van der Waals surface area contributed by atoms with Gasteiger partial charge in [0.05, 0.1) is 17.3 Å². The Bertz CT molecular complexity index is 970. The normalized spacial score (nSPS) is 11.0. The number of anilines is 1. The number of para-hydroxylation sites is 1. The third-order valence-corrected chi connectivity index (χ3v) is 4.58. The second kappa shape index (κ2) is 8.35. The second-order valence-corrected chi connectivity index (χ2v) is 6.65. The number of rotatable bonds is 7. The van der Waals surface area contributed by atoms with Gasteiger partial charge in [-0.2, -0.15) is 10.1 Å². The van der Waals surface area contributed by atoms with Crippen molar-refractivity contribution in [2.24, 2.45) is 0 Å². The van der Waals surface area contributed by atoms with E-state index in [2.05, 4.69) is 20.4 Å². The Morgan fingerprint density at radius 1 is 1.33 bits per heavy atom. The highest BCUT2D eigenvalue weighted by atomic mass is 35.5. The topological polar surface area (TPSA) is 81.4 Å². The molecule has 1 aromatic carbocycles. The molecule has 2 aromatic heterocycles. The zero-order chi connectivity index (χ0) is 19.4. The summed E-state index contributed by atoms with van der Waals surface area (Å²) in [6, 6.07) is 5.32. The Morgan fingerprint density at radius 3 is 2.93 bits per heavy atom. The largest absolute Gasteiger partial charge is 0.490 e. The molecule has 1 amide bonds. The predicted molar refractivity (Wildman–Crippen MR) is 104 cm³/mol. The monoisotopic (exact) mass is 387 g/mol. The summed E-state index contributed by atoms with van der Waals surface area (Å²) in [6.45, 7) is 6.42. The van der Waals surface area contributed by atoms with E-state index < -0.39 is 0 Å². The SMILES string of the molecule is CCCOc1c(Cl)cccc1NC(=O)CCc1c(C)nc2ncnn2c1C. The van der Waals surface area contributed by atoms with Gasteiger partial charge in [0.15, 0.2) is 5.75 Å². The Labute approximate surface area is 162 Å². The molecule has 1 N–H and O–H groups in total. The summed E-state index contributed by atoms with van der Waals surface area (Å²) >= 11 is 6.21. The fourth-order valence-corrected chi connectivity index (χ4v) is 3.16. The van der Waals surface area contributed by atoms with Crippen molar-refractivity contribution in [1.29, 1.82) is 0 Å². The van der Waals surface area contributed by atoms with Crippen molar-refractivity contribution >= 4 is 29.0 Å². The van der Waals surface area contributed by atoms with Crippen LogP contribution in [0, 0.1) is 13.8 Å². The smallest absolute Gasteiger partial charge is 0.252 e. The van der Waals surface area contributed by atoms with Gasteiger partial charge in [-0.15, -0.1) is 0 Å². The maximum Gasteiger partial charge on any atom is 0.252 e. The Kier molecular flexibility index (Phi) is 5.91. The molecule has 0 aliphatic heterocycles. The van der Waals surface area contributed by atoms with Crippen LogP contribution >= 0.6 is 11.6 Å². The molecule has 142 valence electrons. The molecule has 27 heavy (non-hydrogen) atoms. The minimum atomic E-state index is -0.115. The second-order valence-electron chi connectivity index (χ2n) is 6.25. The number of hydrogen-bond acceptors (Lipinski definition) is 5. The molecular formula is C19H22ClN5O2. The molecule has 0 aliphatic carbocycles. The van der Waals surface area contributed by atoms with Gasteiger partial charge in [0.1, 0.15) is 6.33 Å². The Hall–Kier alpha value is -2.67. The summed E-state index contributed by atoms with van der Waals surface area (Å²) in [5.41, 5.74) is 3.38. The number of benzene rings is 1. The zero-order valence-electron chi connectivity index (χ0n) is 15.6. The number of nitrogens with one attached hydrogen (secondary N) is 1. The number of amides is 1. The van der Waals surface area contributed by atoms with Gasteiger partial charge in [0.25, 0.3) is 5.78 Å². The molecule has 3 aromatic rings. The Balaban J connectivity index is 1.72. The van der Waals surface area contributed by atoms with Crippen molar-refractivity contribution in [3.05, 3.63) is 46.5 Å². The highest BCUT2D eigenvalue weighted by Crippen LogP contribution is 2.33. The van der Waals surface area contributed by atoms with Crippen LogP contribution in [0.3, 0.4) is 0 Å². The molecule has 0 saturated carbocycles. The molecule has 0 aliphatic rings. The van der Waals surface area contributed by atoms with E-state index in [1.807, 2.05) is 20.8 Å². The van der Waals surface area contributed by atoms with E-state index in [4.69, 9.17) is 16.3 Å². The molecular weight excluding hydrogens is 366 g/mol. The van der Waals surface area contributed by atoms with Gasteiger partial charge in [0, 0.05) is 17.8 Å². The van der Waals surface area contributed by atoms with Crippen LogP contribution in [0.2, 0.25) is 5.02 Å². The molecule has 0 saturated heterocycles. The number of ether oxygens (including phenoxy) is 1. The fraction of sp³-hybridized carbons (Fsp3) is 0.368. The number of carbonyl (C=O) groups excluding carboxylic acids is 1. The first-order chi connectivity index (χ1) is 13.0. The molecule has 8 heteroatoms. The maximum absolute atomic E-state index is 12.5. The van der Waals surface area contributed by atoms with Crippen molar-refractivity contribution in [2.45, 2.75) is 40.0 Å². The van der Waals surface area contributed by atoms with Crippen LogP contribution in [0.25, 0.3) is 5.78 Å².